The molecule has 0 bridgehead atoms. The summed E-state index contributed by atoms with van der Waals surface area (Å²) in [6.45, 7) is 3.93. The minimum atomic E-state index is 0.822. The molecule has 94 valence electrons. The second-order valence-corrected chi connectivity index (χ2v) is 4.55. The summed E-state index contributed by atoms with van der Waals surface area (Å²) >= 11 is 3.51. The zero-order valence-corrected chi connectivity index (χ0v) is 12.0. The summed E-state index contributed by atoms with van der Waals surface area (Å²) in [7, 11) is 0. The fraction of sp³-hybridized carbons (Fsp3) is 0.286. The molecule has 0 spiro atoms. The highest BCUT2D eigenvalue weighted by Gasteiger charge is 2.10. The van der Waals surface area contributed by atoms with E-state index in [1.54, 1.807) is 0 Å². The van der Waals surface area contributed by atoms with E-state index >= 15 is 0 Å². The maximum atomic E-state index is 4.50. The topological polar surface area (TPSA) is 29.0 Å². The van der Waals surface area contributed by atoms with Gasteiger partial charge in [-0.2, -0.15) is 0 Å². The van der Waals surface area contributed by atoms with Crippen LogP contribution in [0, 0.1) is 0 Å². The van der Waals surface area contributed by atoms with E-state index in [1.807, 2.05) is 36.8 Å². The van der Waals surface area contributed by atoms with E-state index < -0.39 is 0 Å². The lowest BCUT2D eigenvalue weighted by molar-refractivity contribution is 0.807. The third-order valence-corrected chi connectivity index (χ3v) is 3.42. The van der Waals surface area contributed by atoms with Gasteiger partial charge < -0.3 is 4.90 Å². The molecular weight excluding hydrogens is 290 g/mol. The van der Waals surface area contributed by atoms with Gasteiger partial charge in [-0.3, -0.25) is 4.98 Å². The van der Waals surface area contributed by atoms with Gasteiger partial charge >= 0.3 is 0 Å². The van der Waals surface area contributed by atoms with Crippen LogP contribution in [0.25, 0.3) is 0 Å². The summed E-state index contributed by atoms with van der Waals surface area (Å²) in [5.74, 6) is 1.05. The van der Waals surface area contributed by atoms with Gasteiger partial charge in [0.25, 0.3) is 0 Å². The third-order valence-electron chi connectivity index (χ3n) is 2.82. The number of aromatic nitrogens is 2. The van der Waals surface area contributed by atoms with Crippen LogP contribution in [-0.2, 0) is 11.9 Å². The van der Waals surface area contributed by atoms with E-state index in [0.717, 1.165) is 24.2 Å². The predicted octanol–water partition coefficient (Wildman–Crippen LogP) is 3.40. The van der Waals surface area contributed by atoms with E-state index in [1.165, 1.54) is 11.1 Å². The molecule has 0 aromatic carbocycles. The molecule has 3 nitrogen and oxygen atoms in total. The highest BCUT2D eigenvalue weighted by Crippen LogP contribution is 2.21. The summed E-state index contributed by atoms with van der Waals surface area (Å²) in [4.78, 5) is 10.8. The molecule has 2 aromatic heterocycles. The Hall–Kier alpha value is -1.42. The first-order valence-corrected chi connectivity index (χ1v) is 7.11. The maximum Gasteiger partial charge on any atom is 0.132 e. The smallest absolute Gasteiger partial charge is 0.132 e. The molecule has 0 saturated heterocycles. The molecule has 4 heteroatoms. The number of rotatable bonds is 5. The molecule has 0 unspecified atom stereocenters. The largest absolute Gasteiger partial charge is 0.352 e. The van der Waals surface area contributed by atoms with Crippen LogP contribution in [0.5, 0.6) is 0 Å². The minimum absolute atomic E-state index is 0.822. The van der Waals surface area contributed by atoms with Crippen LogP contribution in [0.4, 0.5) is 5.82 Å². The SMILES string of the molecule is CCN(Cc1ccncc1)c1ncccc1CBr. The summed E-state index contributed by atoms with van der Waals surface area (Å²) < 4.78 is 0. The lowest BCUT2D eigenvalue weighted by Crippen LogP contribution is -2.24. The minimum Gasteiger partial charge on any atom is -0.352 e. The predicted molar refractivity (Wildman–Crippen MR) is 77.8 cm³/mol. The molecule has 0 atom stereocenters. The number of hydrogen-bond acceptors (Lipinski definition) is 3. The first-order chi connectivity index (χ1) is 8.85. The average molecular weight is 306 g/mol. The van der Waals surface area contributed by atoms with Crippen LogP contribution in [0.3, 0.4) is 0 Å². The Morgan fingerprint density at radius 1 is 1.17 bits per heavy atom. The highest BCUT2D eigenvalue weighted by atomic mass is 79.9. The van der Waals surface area contributed by atoms with Crippen molar-refractivity contribution in [3.8, 4) is 0 Å². The molecule has 2 aromatic rings. The van der Waals surface area contributed by atoms with Crippen molar-refractivity contribution in [2.75, 3.05) is 11.4 Å². The lowest BCUT2D eigenvalue weighted by atomic mass is 10.2. The van der Waals surface area contributed by atoms with Gasteiger partial charge in [0.15, 0.2) is 0 Å². The fourth-order valence-corrected chi connectivity index (χ4v) is 2.30. The summed E-state index contributed by atoms with van der Waals surface area (Å²) in [6, 6.07) is 8.16. The molecule has 2 heterocycles. The van der Waals surface area contributed by atoms with Crippen LogP contribution in [0.1, 0.15) is 18.1 Å². The Labute approximate surface area is 116 Å². The molecule has 0 aliphatic rings. The van der Waals surface area contributed by atoms with E-state index in [4.69, 9.17) is 0 Å². The zero-order valence-electron chi connectivity index (χ0n) is 10.4. The van der Waals surface area contributed by atoms with Gasteiger partial charge in [0.1, 0.15) is 5.82 Å². The van der Waals surface area contributed by atoms with Crippen LogP contribution < -0.4 is 4.90 Å². The first-order valence-electron chi connectivity index (χ1n) is 5.99. The summed E-state index contributed by atoms with van der Waals surface area (Å²) in [5.41, 5.74) is 2.46. The zero-order chi connectivity index (χ0) is 12.8. The second kappa shape index (κ2) is 6.50. The van der Waals surface area contributed by atoms with E-state index in [2.05, 4.69) is 43.8 Å². The monoisotopic (exact) mass is 305 g/mol. The van der Waals surface area contributed by atoms with E-state index in [9.17, 15) is 0 Å². The quantitative estimate of drug-likeness (QED) is 0.793. The number of alkyl halides is 1. The van der Waals surface area contributed by atoms with Crippen molar-refractivity contribution in [1.29, 1.82) is 0 Å². The van der Waals surface area contributed by atoms with Gasteiger partial charge in [-0.05, 0) is 30.7 Å². The van der Waals surface area contributed by atoms with Crippen LogP contribution >= 0.6 is 15.9 Å². The molecule has 0 radical (unpaired) electrons. The normalized spacial score (nSPS) is 10.3. The Bertz CT molecular complexity index is 487. The molecule has 0 aliphatic carbocycles. The first kappa shape index (κ1) is 13.0. The summed E-state index contributed by atoms with van der Waals surface area (Å²) in [6.07, 6.45) is 5.50. The van der Waals surface area contributed by atoms with Gasteiger partial charge in [0.2, 0.25) is 0 Å². The van der Waals surface area contributed by atoms with Crippen molar-refractivity contribution >= 4 is 21.7 Å². The van der Waals surface area contributed by atoms with Gasteiger partial charge in [-0.15, -0.1) is 0 Å². The van der Waals surface area contributed by atoms with Crippen molar-refractivity contribution in [1.82, 2.24) is 9.97 Å². The standard InChI is InChI=1S/C14H16BrN3/c1-2-18(11-12-5-8-16-9-6-12)14-13(10-15)4-3-7-17-14/h3-9H,2,10-11H2,1H3. The number of pyridine rings is 2. The molecule has 0 aliphatic heterocycles. The van der Waals surface area contributed by atoms with Crippen molar-refractivity contribution in [3.63, 3.8) is 0 Å². The van der Waals surface area contributed by atoms with Crippen molar-refractivity contribution in [2.24, 2.45) is 0 Å². The molecular formula is C14H16BrN3. The highest BCUT2D eigenvalue weighted by molar-refractivity contribution is 9.08. The molecule has 2 rings (SSSR count). The maximum absolute atomic E-state index is 4.50. The van der Waals surface area contributed by atoms with Gasteiger partial charge in [0.05, 0.1) is 0 Å². The van der Waals surface area contributed by atoms with Crippen LogP contribution in [-0.4, -0.2) is 16.5 Å². The van der Waals surface area contributed by atoms with Crippen molar-refractivity contribution in [3.05, 3.63) is 54.0 Å². The number of nitrogens with zero attached hydrogens (tertiary/aromatic N) is 3. The Kier molecular flexibility index (Phi) is 4.70. The Morgan fingerprint density at radius 2 is 1.94 bits per heavy atom. The Balaban J connectivity index is 2.23. The van der Waals surface area contributed by atoms with Crippen molar-refractivity contribution < 1.29 is 0 Å². The van der Waals surface area contributed by atoms with E-state index in [0.29, 0.717) is 0 Å². The number of hydrogen-bond donors (Lipinski definition) is 0. The average Bonchev–Trinajstić information content (AvgIpc) is 2.46. The van der Waals surface area contributed by atoms with Crippen molar-refractivity contribution in [2.45, 2.75) is 18.8 Å². The summed E-state index contributed by atoms with van der Waals surface area (Å²) in [5, 5.41) is 0.822. The lowest BCUT2D eigenvalue weighted by Gasteiger charge is -2.24. The van der Waals surface area contributed by atoms with E-state index in [-0.39, 0.29) is 0 Å². The van der Waals surface area contributed by atoms with Crippen LogP contribution in [0.2, 0.25) is 0 Å². The molecule has 0 amide bonds. The molecule has 0 fully saturated rings. The number of halogens is 1. The van der Waals surface area contributed by atoms with Gasteiger partial charge in [-0.25, -0.2) is 4.98 Å². The van der Waals surface area contributed by atoms with Gasteiger partial charge in [-0.1, -0.05) is 22.0 Å². The number of anilines is 1. The third kappa shape index (κ3) is 3.07. The molecule has 0 saturated carbocycles. The van der Waals surface area contributed by atoms with Crippen LogP contribution in [0.15, 0.2) is 42.9 Å². The van der Waals surface area contributed by atoms with Gasteiger partial charge in [0, 0.05) is 42.6 Å². The molecule has 0 N–H and O–H groups in total. The fourth-order valence-electron chi connectivity index (χ4n) is 1.86. The second-order valence-electron chi connectivity index (χ2n) is 3.99. The Morgan fingerprint density at radius 3 is 2.61 bits per heavy atom. The molecule has 18 heavy (non-hydrogen) atoms.